The highest BCUT2D eigenvalue weighted by Crippen LogP contribution is 2.19. The summed E-state index contributed by atoms with van der Waals surface area (Å²) in [7, 11) is -2.81. The van der Waals surface area contributed by atoms with Crippen LogP contribution in [0.5, 0.6) is 0 Å². The lowest BCUT2D eigenvalue weighted by Gasteiger charge is -2.07. The molecule has 0 bridgehead atoms. The normalized spacial score (nSPS) is 25.1. The molecule has 5 nitrogen and oxygen atoms in total. The molecular weight excluding hydrogens is 222 g/mol. The van der Waals surface area contributed by atoms with Crippen LogP contribution in [0.15, 0.2) is 0 Å². The Kier molecular flexibility index (Phi) is 2.44. The molecule has 2 rings (SSSR count). The third kappa shape index (κ3) is 2.21. The zero-order valence-corrected chi connectivity index (χ0v) is 9.36. The van der Waals surface area contributed by atoms with Crippen LogP contribution >= 0.6 is 11.3 Å². The van der Waals surface area contributed by atoms with Crippen LogP contribution in [0.3, 0.4) is 0 Å². The van der Waals surface area contributed by atoms with Gasteiger partial charge in [0, 0.05) is 6.04 Å². The zero-order chi connectivity index (χ0) is 10.2. The molecule has 0 aromatic carbocycles. The van der Waals surface area contributed by atoms with Crippen LogP contribution in [0.1, 0.15) is 11.4 Å². The second kappa shape index (κ2) is 3.47. The maximum atomic E-state index is 11.2. The fourth-order valence-electron chi connectivity index (χ4n) is 1.44. The van der Waals surface area contributed by atoms with Crippen molar-refractivity contribution in [1.82, 2.24) is 10.2 Å². The average molecular weight is 233 g/mol. The monoisotopic (exact) mass is 233 g/mol. The molecule has 0 aliphatic carbocycles. The molecule has 78 valence electrons. The molecule has 1 aromatic heterocycles. The van der Waals surface area contributed by atoms with Crippen molar-refractivity contribution in [3.8, 4) is 0 Å². The van der Waals surface area contributed by atoms with E-state index in [1.165, 1.54) is 11.3 Å². The number of rotatable bonds is 2. The van der Waals surface area contributed by atoms with Gasteiger partial charge in [-0.05, 0) is 13.3 Å². The first-order valence-electron chi connectivity index (χ1n) is 4.32. The van der Waals surface area contributed by atoms with Crippen LogP contribution < -0.4 is 5.32 Å². The maximum absolute atomic E-state index is 11.2. The van der Waals surface area contributed by atoms with Crippen molar-refractivity contribution in [2.24, 2.45) is 0 Å². The average Bonchev–Trinajstić information content (AvgIpc) is 2.59. The van der Waals surface area contributed by atoms with Gasteiger partial charge in [-0.3, -0.25) is 0 Å². The predicted molar refractivity (Wildman–Crippen MR) is 55.3 cm³/mol. The first-order chi connectivity index (χ1) is 6.55. The van der Waals surface area contributed by atoms with E-state index in [0.717, 1.165) is 5.01 Å². The van der Waals surface area contributed by atoms with Gasteiger partial charge in [0.1, 0.15) is 5.01 Å². The molecule has 1 saturated heterocycles. The summed E-state index contributed by atoms with van der Waals surface area (Å²) in [6.45, 7) is 1.87. The lowest BCUT2D eigenvalue weighted by Crippen LogP contribution is -2.20. The molecule has 14 heavy (non-hydrogen) atoms. The summed E-state index contributed by atoms with van der Waals surface area (Å²) in [5.74, 6) is 0.494. The van der Waals surface area contributed by atoms with Gasteiger partial charge in [-0.2, -0.15) is 0 Å². The van der Waals surface area contributed by atoms with E-state index in [-0.39, 0.29) is 17.5 Å². The molecule has 1 aromatic rings. The first kappa shape index (κ1) is 9.85. The van der Waals surface area contributed by atoms with Gasteiger partial charge in [-0.1, -0.05) is 11.3 Å². The standard InChI is InChI=1S/C7H11N3O2S2/c1-5-9-10-7(13-5)8-6-2-3-14(11,12)4-6/h6H,2-4H2,1H3,(H,8,10). The second-order valence-corrected chi connectivity index (χ2v) is 6.78. The van der Waals surface area contributed by atoms with E-state index in [9.17, 15) is 8.42 Å². The van der Waals surface area contributed by atoms with Gasteiger partial charge in [-0.25, -0.2) is 8.42 Å². The molecule has 1 atom stereocenters. The third-order valence-corrected chi connectivity index (χ3v) is 4.62. The number of nitrogens with one attached hydrogen (secondary N) is 1. The lowest BCUT2D eigenvalue weighted by atomic mass is 10.3. The molecule has 0 saturated carbocycles. The van der Waals surface area contributed by atoms with Gasteiger partial charge in [0.25, 0.3) is 0 Å². The molecule has 0 radical (unpaired) electrons. The largest absolute Gasteiger partial charge is 0.356 e. The molecule has 0 spiro atoms. The highest BCUT2D eigenvalue weighted by molar-refractivity contribution is 7.91. The molecule has 1 fully saturated rings. The molecule has 1 aliphatic rings. The van der Waals surface area contributed by atoms with E-state index < -0.39 is 9.84 Å². The van der Waals surface area contributed by atoms with Gasteiger partial charge in [0.2, 0.25) is 5.13 Å². The van der Waals surface area contributed by atoms with E-state index >= 15 is 0 Å². The Morgan fingerprint density at radius 3 is 2.79 bits per heavy atom. The third-order valence-electron chi connectivity index (χ3n) is 2.09. The summed E-state index contributed by atoms with van der Waals surface area (Å²) in [4.78, 5) is 0. The Balaban J connectivity index is 2.00. The van der Waals surface area contributed by atoms with Crippen molar-refractivity contribution in [2.75, 3.05) is 16.8 Å². The summed E-state index contributed by atoms with van der Waals surface area (Å²) in [6.07, 6.45) is 0.668. The number of aromatic nitrogens is 2. The van der Waals surface area contributed by atoms with Crippen LogP contribution in [0.2, 0.25) is 0 Å². The molecule has 7 heteroatoms. The minimum Gasteiger partial charge on any atom is -0.356 e. The number of hydrogen-bond donors (Lipinski definition) is 1. The molecule has 2 heterocycles. The Hall–Kier alpha value is -0.690. The van der Waals surface area contributed by atoms with Gasteiger partial charge in [0.15, 0.2) is 9.84 Å². The van der Waals surface area contributed by atoms with Gasteiger partial charge < -0.3 is 5.32 Å². The minimum atomic E-state index is -2.81. The molecule has 1 unspecified atom stereocenters. The number of nitrogens with zero attached hydrogens (tertiary/aromatic N) is 2. The summed E-state index contributed by atoms with van der Waals surface area (Å²) >= 11 is 1.45. The van der Waals surface area contributed by atoms with Crippen LogP contribution in [0.4, 0.5) is 5.13 Å². The Morgan fingerprint density at radius 1 is 1.50 bits per heavy atom. The van der Waals surface area contributed by atoms with Crippen molar-refractivity contribution in [2.45, 2.75) is 19.4 Å². The Bertz CT molecular complexity index is 426. The van der Waals surface area contributed by atoms with Crippen LogP contribution in [-0.4, -0.2) is 36.2 Å². The topological polar surface area (TPSA) is 72.0 Å². The number of aryl methyl sites for hydroxylation is 1. The van der Waals surface area contributed by atoms with E-state index in [1.54, 1.807) is 0 Å². The van der Waals surface area contributed by atoms with E-state index in [0.29, 0.717) is 11.6 Å². The quantitative estimate of drug-likeness (QED) is 0.802. The zero-order valence-electron chi connectivity index (χ0n) is 7.73. The van der Waals surface area contributed by atoms with Gasteiger partial charge >= 0.3 is 0 Å². The summed E-state index contributed by atoms with van der Waals surface area (Å²) < 4.78 is 22.3. The van der Waals surface area contributed by atoms with Crippen molar-refractivity contribution >= 4 is 26.3 Å². The lowest BCUT2D eigenvalue weighted by molar-refractivity contribution is 0.602. The van der Waals surface area contributed by atoms with Crippen LogP contribution in [0.25, 0.3) is 0 Å². The molecule has 1 aliphatic heterocycles. The molecule has 0 amide bonds. The summed E-state index contributed by atoms with van der Waals surface area (Å²) in [6, 6.07) is 0.00681. The summed E-state index contributed by atoms with van der Waals surface area (Å²) in [5, 5.41) is 12.4. The van der Waals surface area contributed by atoms with E-state index in [4.69, 9.17) is 0 Å². The number of anilines is 1. The van der Waals surface area contributed by atoms with Gasteiger partial charge in [0.05, 0.1) is 11.5 Å². The SMILES string of the molecule is Cc1nnc(NC2CCS(=O)(=O)C2)s1. The highest BCUT2D eigenvalue weighted by atomic mass is 32.2. The van der Waals surface area contributed by atoms with E-state index in [2.05, 4.69) is 15.5 Å². The van der Waals surface area contributed by atoms with Gasteiger partial charge in [-0.15, -0.1) is 10.2 Å². The fraction of sp³-hybridized carbons (Fsp3) is 0.714. The summed E-state index contributed by atoms with van der Waals surface area (Å²) in [5.41, 5.74) is 0. The van der Waals surface area contributed by atoms with Crippen molar-refractivity contribution in [3.05, 3.63) is 5.01 Å². The highest BCUT2D eigenvalue weighted by Gasteiger charge is 2.28. The van der Waals surface area contributed by atoms with Crippen molar-refractivity contribution in [3.63, 3.8) is 0 Å². The predicted octanol–water partition coefficient (Wildman–Crippen LogP) is 0.446. The Morgan fingerprint density at radius 2 is 2.29 bits per heavy atom. The van der Waals surface area contributed by atoms with Crippen molar-refractivity contribution < 1.29 is 8.42 Å². The maximum Gasteiger partial charge on any atom is 0.205 e. The van der Waals surface area contributed by atoms with E-state index in [1.807, 2.05) is 6.92 Å². The van der Waals surface area contributed by atoms with Crippen LogP contribution in [0, 0.1) is 6.92 Å². The van der Waals surface area contributed by atoms with Crippen molar-refractivity contribution in [1.29, 1.82) is 0 Å². The van der Waals surface area contributed by atoms with Crippen LogP contribution in [-0.2, 0) is 9.84 Å². The number of hydrogen-bond acceptors (Lipinski definition) is 6. The first-order valence-corrected chi connectivity index (χ1v) is 6.96. The molecule has 1 N–H and O–H groups in total. The minimum absolute atomic E-state index is 0.00681. The fourth-order valence-corrected chi connectivity index (χ4v) is 3.78. The smallest absolute Gasteiger partial charge is 0.205 e. The number of sulfone groups is 1. The Labute approximate surface area is 86.5 Å². The second-order valence-electron chi connectivity index (χ2n) is 3.37. The molecular formula is C7H11N3O2S2.